The highest BCUT2D eigenvalue weighted by molar-refractivity contribution is 5.65. The van der Waals surface area contributed by atoms with Gasteiger partial charge in [0.2, 0.25) is 0 Å². The summed E-state index contributed by atoms with van der Waals surface area (Å²) in [4.78, 5) is 0. The number of benzene rings is 3. The van der Waals surface area contributed by atoms with Crippen LogP contribution in [0.15, 0.2) is 72.8 Å². The molecule has 28 heavy (non-hydrogen) atoms. The maximum absolute atomic E-state index is 14.3. The molecule has 0 N–H and O–H groups in total. The van der Waals surface area contributed by atoms with E-state index in [0.29, 0.717) is 11.5 Å². The van der Waals surface area contributed by atoms with Gasteiger partial charge in [-0.1, -0.05) is 87.0 Å². The van der Waals surface area contributed by atoms with Crippen molar-refractivity contribution in [2.75, 3.05) is 0 Å². The molecule has 0 radical (unpaired) electrons. The van der Waals surface area contributed by atoms with Gasteiger partial charge in [0.15, 0.2) is 0 Å². The fourth-order valence-electron chi connectivity index (χ4n) is 4.64. The van der Waals surface area contributed by atoms with Gasteiger partial charge in [0, 0.05) is 11.5 Å². The summed E-state index contributed by atoms with van der Waals surface area (Å²) in [5, 5.41) is 0. The van der Waals surface area contributed by atoms with Gasteiger partial charge in [0.25, 0.3) is 0 Å². The second-order valence-electron chi connectivity index (χ2n) is 8.63. The van der Waals surface area contributed by atoms with E-state index in [4.69, 9.17) is 0 Å². The smallest absolute Gasteiger partial charge is 0.131 e. The Morgan fingerprint density at radius 3 is 2.54 bits per heavy atom. The average molecular weight is 373 g/mol. The molecular weight excluding hydrogens is 343 g/mol. The van der Waals surface area contributed by atoms with E-state index in [-0.39, 0.29) is 5.82 Å². The topological polar surface area (TPSA) is 0 Å². The van der Waals surface area contributed by atoms with Gasteiger partial charge in [-0.25, -0.2) is 4.39 Å². The Balaban J connectivity index is 1.69. The molecule has 1 aliphatic carbocycles. The Morgan fingerprint density at radius 1 is 0.929 bits per heavy atom. The van der Waals surface area contributed by atoms with Crippen LogP contribution in [0.5, 0.6) is 0 Å². The summed E-state index contributed by atoms with van der Waals surface area (Å²) >= 11 is 0. The number of halogens is 1. The molecule has 144 valence electrons. The van der Waals surface area contributed by atoms with Crippen LogP contribution in [0.3, 0.4) is 0 Å². The summed E-state index contributed by atoms with van der Waals surface area (Å²) in [6.45, 7) is 4.62. The van der Waals surface area contributed by atoms with Crippen LogP contribution in [0.1, 0.15) is 55.7 Å². The first kappa shape index (κ1) is 18.9. The zero-order valence-corrected chi connectivity index (χ0v) is 16.9. The Bertz CT molecular complexity index is 940. The second-order valence-corrected chi connectivity index (χ2v) is 8.63. The lowest BCUT2D eigenvalue weighted by Crippen LogP contribution is -2.20. The standard InChI is InChI=1S/C27H29F/c1-19(2)14-15-20-16-21-8-3-4-11-24(21)26(17-20)23-10-7-9-22(18-23)25-12-5-6-13-27(25)28/h3-13,18-20,26H,14-17H2,1-2H3/t20-,26-/m1/s1. The van der Waals surface area contributed by atoms with Crippen molar-refractivity contribution < 1.29 is 4.39 Å². The molecule has 1 aliphatic rings. The van der Waals surface area contributed by atoms with Crippen LogP contribution in [0, 0.1) is 17.7 Å². The van der Waals surface area contributed by atoms with Crippen molar-refractivity contribution in [2.45, 2.75) is 45.4 Å². The predicted octanol–water partition coefficient (Wildman–Crippen LogP) is 7.62. The first-order chi connectivity index (χ1) is 13.6. The van der Waals surface area contributed by atoms with Gasteiger partial charge in [-0.05, 0) is 59.4 Å². The molecule has 2 atom stereocenters. The highest BCUT2D eigenvalue weighted by Gasteiger charge is 2.28. The van der Waals surface area contributed by atoms with Crippen LogP contribution in [-0.4, -0.2) is 0 Å². The van der Waals surface area contributed by atoms with Gasteiger partial charge in [-0.2, -0.15) is 0 Å². The van der Waals surface area contributed by atoms with E-state index in [1.54, 1.807) is 12.1 Å². The molecule has 1 heteroatoms. The first-order valence-corrected chi connectivity index (χ1v) is 10.5. The first-order valence-electron chi connectivity index (χ1n) is 10.5. The Kier molecular flexibility index (Phi) is 5.62. The maximum atomic E-state index is 14.3. The number of hydrogen-bond donors (Lipinski definition) is 0. The van der Waals surface area contributed by atoms with Crippen molar-refractivity contribution >= 4 is 0 Å². The SMILES string of the molecule is CC(C)CC[C@@H]1Cc2ccccc2[C@@H](c2cccc(-c3ccccc3F)c2)C1. The second kappa shape index (κ2) is 8.31. The van der Waals surface area contributed by atoms with Gasteiger partial charge in [-0.15, -0.1) is 0 Å². The highest BCUT2D eigenvalue weighted by atomic mass is 19.1. The predicted molar refractivity (Wildman–Crippen MR) is 116 cm³/mol. The van der Waals surface area contributed by atoms with Crippen molar-refractivity contribution in [3.63, 3.8) is 0 Å². The molecule has 0 unspecified atom stereocenters. The van der Waals surface area contributed by atoms with E-state index in [0.717, 1.165) is 17.4 Å². The van der Waals surface area contributed by atoms with E-state index in [2.05, 4.69) is 56.3 Å². The lowest BCUT2D eigenvalue weighted by Gasteiger charge is -2.32. The van der Waals surface area contributed by atoms with Gasteiger partial charge in [0.1, 0.15) is 5.82 Å². The van der Waals surface area contributed by atoms with Gasteiger partial charge in [-0.3, -0.25) is 0 Å². The summed E-state index contributed by atoms with van der Waals surface area (Å²) in [6, 6.07) is 24.5. The molecule has 3 aromatic rings. The van der Waals surface area contributed by atoms with Crippen LogP contribution in [-0.2, 0) is 6.42 Å². The van der Waals surface area contributed by atoms with Gasteiger partial charge < -0.3 is 0 Å². The van der Waals surface area contributed by atoms with Crippen LogP contribution in [0.2, 0.25) is 0 Å². The maximum Gasteiger partial charge on any atom is 0.131 e. The molecule has 0 spiro atoms. The normalized spacial score (nSPS) is 18.9. The molecule has 0 bridgehead atoms. The number of fused-ring (bicyclic) bond motifs is 1. The van der Waals surface area contributed by atoms with E-state index in [1.807, 2.05) is 18.2 Å². The largest absolute Gasteiger partial charge is 0.206 e. The minimum Gasteiger partial charge on any atom is -0.206 e. The molecule has 4 rings (SSSR count). The fourth-order valence-corrected chi connectivity index (χ4v) is 4.64. The number of rotatable bonds is 5. The zero-order chi connectivity index (χ0) is 19.5. The molecule has 0 nitrogen and oxygen atoms in total. The third-order valence-corrected chi connectivity index (χ3v) is 6.13. The molecule has 0 fully saturated rings. The molecule has 0 aromatic heterocycles. The zero-order valence-electron chi connectivity index (χ0n) is 16.9. The molecule has 0 heterocycles. The van der Waals surface area contributed by atoms with Crippen molar-refractivity contribution in [1.29, 1.82) is 0 Å². The van der Waals surface area contributed by atoms with Crippen LogP contribution in [0.4, 0.5) is 4.39 Å². The average Bonchev–Trinajstić information content (AvgIpc) is 2.72. The number of hydrogen-bond acceptors (Lipinski definition) is 0. The molecule has 0 saturated carbocycles. The van der Waals surface area contributed by atoms with Gasteiger partial charge >= 0.3 is 0 Å². The Morgan fingerprint density at radius 2 is 1.71 bits per heavy atom. The van der Waals surface area contributed by atoms with Crippen LogP contribution in [0.25, 0.3) is 11.1 Å². The Labute approximate surface area is 168 Å². The fraction of sp³-hybridized carbons (Fsp3) is 0.333. The summed E-state index contributed by atoms with van der Waals surface area (Å²) in [6.07, 6.45) is 4.95. The third kappa shape index (κ3) is 4.04. The summed E-state index contributed by atoms with van der Waals surface area (Å²) < 4.78 is 14.3. The lowest BCUT2D eigenvalue weighted by molar-refractivity contribution is 0.366. The van der Waals surface area contributed by atoms with Crippen LogP contribution < -0.4 is 0 Å². The van der Waals surface area contributed by atoms with E-state index in [1.165, 1.54) is 42.4 Å². The molecular formula is C27H29F. The quantitative estimate of drug-likeness (QED) is 0.432. The molecule has 0 amide bonds. The third-order valence-electron chi connectivity index (χ3n) is 6.13. The lowest BCUT2D eigenvalue weighted by atomic mass is 9.72. The Hall–Kier alpha value is -2.41. The summed E-state index contributed by atoms with van der Waals surface area (Å²) in [5.41, 5.74) is 5.91. The summed E-state index contributed by atoms with van der Waals surface area (Å²) in [7, 11) is 0. The van der Waals surface area contributed by atoms with E-state index >= 15 is 0 Å². The van der Waals surface area contributed by atoms with E-state index in [9.17, 15) is 4.39 Å². The van der Waals surface area contributed by atoms with Crippen molar-refractivity contribution in [3.8, 4) is 11.1 Å². The van der Waals surface area contributed by atoms with Crippen molar-refractivity contribution in [1.82, 2.24) is 0 Å². The van der Waals surface area contributed by atoms with Gasteiger partial charge in [0.05, 0.1) is 0 Å². The van der Waals surface area contributed by atoms with Crippen molar-refractivity contribution in [3.05, 3.63) is 95.3 Å². The highest BCUT2D eigenvalue weighted by Crippen LogP contribution is 2.42. The summed E-state index contributed by atoms with van der Waals surface area (Å²) in [5.74, 6) is 1.71. The monoisotopic (exact) mass is 372 g/mol. The minimum atomic E-state index is -0.154. The molecule has 0 aliphatic heterocycles. The van der Waals surface area contributed by atoms with Crippen LogP contribution >= 0.6 is 0 Å². The molecule has 0 saturated heterocycles. The van der Waals surface area contributed by atoms with E-state index < -0.39 is 0 Å². The minimum absolute atomic E-state index is 0.154. The van der Waals surface area contributed by atoms with Crippen molar-refractivity contribution in [2.24, 2.45) is 11.8 Å². The molecule has 3 aromatic carbocycles.